The van der Waals surface area contributed by atoms with E-state index >= 15 is 0 Å². The normalized spacial score (nSPS) is 18.1. The van der Waals surface area contributed by atoms with Crippen molar-refractivity contribution in [3.05, 3.63) is 30.7 Å². The second kappa shape index (κ2) is 5.83. The van der Waals surface area contributed by atoms with Crippen LogP contribution in [0.1, 0.15) is 12.8 Å². The number of rotatable bonds is 4. The molecule has 0 spiro atoms. The fourth-order valence-corrected chi connectivity index (χ4v) is 2.39. The highest BCUT2D eigenvalue weighted by molar-refractivity contribution is 5.91. The molecule has 0 bridgehead atoms. The van der Waals surface area contributed by atoms with Crippen LogP contribution in [-0.2, 0) is 4.79 Å². The van der Waals surface area contributed by atoms with Crippen LogP contribution in [0.15, 0.2) is 35.1 Å². The molecular formula is C14H16N4O2. The third-order valence-corrected chi connectivity index (χ3v) is 3.39. The van der Waals surface area contributed by atoms with Gasteiger partial charge in [-0.1, -0.05) is 6.07 Å². The molecule has 0 radical (unpaired) electrons. The lowest BCUT2D eigenvalue weighted by molar-refractivity contribution is -0.116. The van der Waals surface area contributed by atoms with Crippen LogP contribution in [0.2, 0.25) is 0 Å². The number of aromatic nitrogens is 2. The first-order valence-electron chi connectivity index (χ1n) is 6.68. The van der Waals surface area contributed by atoms with E-state index in [9.17, 15) is 4.79 Å². The smallest absolute Gasteiger partial charge is 0.247 e. The van der Waals surface area contributed by atoms with Gasteiger partial charge in [0.15, 0.2) is 0 Å². The predicted molar refractivity (Wildman–Crippen MR) is 74.0 cm³/mol. The Balaban J connectivity index is 1.65. The van der Waals surface area contributed by atoms with Gasteiger partial charge in [-0.25, -0.2) is 0 Å². The largest absolute Gasteiger partial charge is 0.423 e. The Morgan fingerprint density at radius 2 is 2.45 bits per heavy atom. The van der Waals surface area contributed by atoms with Crippen molar-refractivity contribution in [3.8, 4) is 11.5 Å². The van der Waals surface area contributed by atoms with Crippen LogP contribution < -0.4 is 10.6 Å². The van der Waals surface area contributed by atoms with Gasteiger partial charge in [0, 0.05) is 17.7 Å². The molecule has 1 atom stereocenters. The van der Waals surface area contributed by atoms with Crippen molar-refractivity contribution >= 4 is 11.6 Å². The maximum atomic E-state index is 12.0. The molecule has 3 rings (SSSR count). The summed E-state index contributed by atoms with van der Waals surface area (Å²) < 4.78 is 5.14. The molecular weight excluding hydrogens is 256 g/mol. The average molecular weight is 272 g/mol. The summed E-state index contributed by atoms with van der Waals surface area (Å²) in [7, 11) is 0. The number of carbonyl (C=O) groups is 1. The minimum absolute atomic E-state index is 0.0429. The summed E-state index contributed by atoms with van der Waals surface area (Å²) in [6.45, 7) is 1.93. The van der Waals surface area contributed by atoms with Crippen LogP contribution in [0.3, 0.4) is 0 Å². The van der Waals surface area contributed by atoms with Gasteiger partial charge in [-0.2, -0.15) is 0 Å². The summed E-state index contributed by atoms with van der Waals surface area (Å²) in [5.41, 5.74) is 1.54. The van der Waals surface area contributed by atoms with Gasteiger partial charge in [-0.05, 0) is 43.6 Å². The van der Waals surface area contributed by atoms with Crippen molar-refractivity contribution in [2.75, 3.05) is 18.4 Å². The Morgan fingerprint density at radius 3 is 3.20 bits per heavy atom. The van der Waals surface area contributed by atoms with Crippen molar-refractivity contribution in [1.82, 2.24) is 15.5 Å². The molecule has 1 fully saturated rings. The van der Waals surface area contributed by atoms with Crippen molar-refractivity contribution in [2.24, 2.45) is 5.92 Å². The number of hydrogen-bond acceptors (Lipinski definition) is 5. The van der Waals surface area contributed by atoms with E-state index in [2.05, 4.69) is 20.8 Å². The first-order valence-corrected chi connectivity index (χ1v) is 6.68. The molecule has 6 nitrogen and oxygen atoms in total. The van der Waals surface area contributed by atoms with Gasteiger partial charge in [0.25, 0.3) is 0 Å². The van der Waals surface area contributed by atoms with E-state index < -0.39 is 0 Å². The third kappa shape index (κ3) is 3.03. The van der Waals surface area contributed by atoms with Gasteiger partial charge < -0.3 is 15.1 Å². The quantitative estimate of drug-likeness (QED) is 0.885. The zero-order valence-corrected chi connectivity index (χ0v) is 11.0. The third-order valence-electron chi connectivity index (χ3n) is 3.39. The van der Waals surface area contributed by atoms with Crippen LogP contribution >= 0.6 is 0 Å². The monoisotopic (exact) mass is 272 g/mol. The number of anilines is 1. The Labute approximate surface area is 116 Å². The first kappa shape index (κ1) is 12.8. The lowest BCUT2D eigenvalue weighted by Crippen LogP contribution is -2.18. The number of nitrogens with one attached hydrogen (secondary N) is 2. The predicted octanol–water partition coefficient (Wildman–Crippen LogP) is 1.67. The second-order valence-electron chi connectivity index (χ2n) is 4.94. The van der Waals surface area contributed by atoms with Crippen LogP contribution in [0, 0.1) is 5.92 Å². The molecule has 0 saturated carbocycles. The molecule has 1 aromatic carbocycles. The zero-order valence-electron chi connectivity index (χ0n) is 11.0. The van der Waals surface area contributed by atoms with Gasteiger partial charge in [-0.15, -0.1) is 10.2 Å². The first-order chi connectivity index (χ1) is 9.81. The topological polar surface area (TPSA) is 80.0 Å². The summed E-state index contributed by atoms with van der Waals surface area (Å²) in [4.78, 5) is 12.0. The molecule has 2 aromatic rings. The van der Waals surface area contributed by atoms with Crippen molar-refractivity contribution in [1.29, 1.82) is 0 Å². The number of amides is 1. The van der Waals surface area contributed by atoms with Gasteiger partial charge in [0.2, 0.25) is 18.2 Å². The molecule has 1 aliphatic heterocycles. The van der Waals surface area contributed by atoms with Gasteiger partial charge in [-0.3, -0.25) is 4.79 Å². The zero-order chi connectivity index (χ0) is 13.8. The molecule has 20 heavy (non-hydrogen) atoms. The summed E-state index contributed by atoms with van der Waals surface area (Å²) in [6.07, 6.45) is 2.90. The number of carbonyl (C=O) groups excluding carboxylic acids is 1. The highest BCUT2D eigenvalue weighted by Crippen LogP contribution is 2.21. The minimum atomic E-state index is 0.0429. The molecule has 1 unspecified atom stereocenters. The highest BCUT2D eigenvalue weighted by atomic mass is 16.4. The maximum Gasteiger partial charge on any atom is 0.247 e. The van der Waals surface area contributed by atoms with E-state index in [1.807, 2.05) is 24.3 Å². The number of benzene rings is 1. The van der Waals surface area contributed by atoms with E-state index in [-0.39, 0.29) is 5.91 Å². The summed E-state index contributed by atoms with van der Waals surface area (Å²) in [5.74, 6) is 0.927. The molecule has 2 heterocycles. The maximum absolute atomic E-state index is 12.0. The van der Waals surface area contributed by atoms with Crippen molar-refractivity contribution in [2.45, 2.75) is 12.8 Å². The van der Waals surface area contributed by atoms with E-state index in [0.717, 1.165) is 30.8 Å². The standard InChI is InChI=1S/C14H16N4O2/c19-13(6-10-4-5-15-8-10)17-12-3-1-2-11(7-12)14-18-16-9-20-14/h1-3,7,9-10,15H,4-6,8H2,(H,17,19). The molecule has 1 aromatic heterocycles. The minimum Gasteiger partial charge on any atom is -0.423 e. The fraction of sp³-hybridized carbons (Fsp3) is 0.357. The van der Waals surface area contributed by atoms with Gasteiger partial charge in [0.1, 0.15) is 0 Å². The fourth-order valence-electron chi connectivity index (χ4n) is 2.39. The van der Waals surface area contributed by atoms with Crippen LogP contribution in [0.5, 0.6) is 0 Å². The Bertz CT molecular complexity index is 577. The number of nitrogens with zero attached hydrogens (tertiary/aromatic N) is 2. The molecule has 6 heteroatoms. The molecule has 104 valence electrons. The Kier molecular flexibility index (Phi) is 3.73. The molecule has 1 amide bonds. The molecule has 2 N–H and O–H groups in total. The van der Waals surface area contributed by atoms with Gasteiger partial charge >= 0.3 is 0 Å². The van der Waals surface area contributed by atoms with E-state index in [0.29, 0.717) is 18.2 Å². The number of hydrogen-bond donors (Lipinski definition) is 2. The average Bonchev–Trinajstić information content (AvgIpc) is 3.11. The van der Waals surface area contributed by atoms with Crippen LogP contribution in [-0.4, -0.2) is 29.2 Å². The van der Waals surface area contributed by atoms with E-state index in [1.165, 1.54) is 6.39 Å². The van der Waals surface area contributed by atoms with Gasteiger partial charge in [0.05, 0.1) is 0 Å². The molecule has 0 aliphatic carbocycles. The van der Waals surface area contributed by atoms with Crippen molar-refractivity contribution < 1.29 is 9.21 Å². The highest BCUT2D eigenvalue weighted by Gasteiger charge is 2.18. The van der Waals surface area contributed by atoms with E-state index in [4.69, 9.17) is 4.42 Å². The Morgan fingerprint density at radius 1 is 1.50 bits per heavy atom. The van der Waals surface area contributed by atoms with Crippen LogP contribution in [0.25, 0.3) is 11.5 Å². The second-order valence-corrected chi connectivity index (χ2v) is 4.94. The lowest BCUT2D eigenvalue weighted by atomic mass is 10.0. The molecule has 1 saturated heterocycles. The van der Waals surface area contributed by atoms with E-state index in [1.54, 1.807) is 0 Å². The van der Waals surface area contributed by atoms with Crippen LogP contribution in [0.4, 0.5) is 5.69 Å². The lowest BCUT2D eigenvalue weighted by Gasteiger charge is -2.09. The SMILES string of the molecule is O=C(CC1CCNC1)Nc1cccc(-c2nnco2)c1. The van der Waals surface area contributed by atoms with Crippen molar-refractivity contribution in [3.63, 3.8) is 0 Å². The summed E-state index contributed by atoms with van der Waals surface area (Å²) >= 11 is 0. The molecule has 1 aliphatic rings. The summed E-state index contributed by atoms with van der Waals surface area (Å²) in [6, 6.07) is 7.40. The Hall–Kier alpha value is -2.21. The summed E-state index contributed by atoms with van der Waals surface area (Å²) in [5, 5.41) is 13.7.